The van der Waals surface area contributed by atoms with Gasteiger partial charge in [0.05, 0.1) is 0 Å². The average molecular weight is 277 g/mol. The Bertz CT molecular complexity index is 327. The van der Waals surface area contributed by atoms with Gasteiger partial charge in [-0.15, -0.1) is 0 Å². The van der Waals surface area contributed by atoms with Gasteiger partial charge in [-0.3, -0.25) is 4.79 Å². The van der Waals surface area contributed by atoms with E-state index in [1.165, 1.54) is 51.4 Å². The number of amides is 1. The molecule has 0 aromatic carbocycles. The number of hydrogen-bond donors (Lipinski definition) is 1. The van der Waals surface area contributed by atoms with Gasteiger partial charge in [0, 0.05) is 11.5 Å². The van der Waals surface area contributed by atoms with Crippen LogP contribution in [0.15, 0.2) is 0 Å². The van der Waals surface area contributed by atoms with Gasteiger partial charge in [-0.05, 0) is 69.1 Å². The van der Waals surface area contributed by atoms with Gasteiger partial charge in [-0.1, -0.05) is 26.7 Å². The van der Waals surface area contributed by atoms with Crippen molar-refractivity contribution in [2.45, 2.75) is 83.6 Å². The minimum atomic E-state index is 0.200. The molecule has 0 aromatic rings. The highest BCUT2D eigenvalue weighted by Crippen LogP contribution is 2.55. The van der Waals surface area contributed by atoms with Crippen LogP contribution in [0, 0.1) is 23.7 Å². The van der Waals surface area contributed by atoms with Gasteiger partial charge < -0.3 is 5.32 Å². The molecule has 2 nitrogen and oxygen atoms in total. The van der Waals surface area contributed by atoms with E-state index in [9.17, 15) is 4.79 Å². The van der Waals surface area contributed by atoms with E-state index in [1.807, 2.05) is 0 Å². The van der Waals surface area contributed by atoms with Gasteiger partial charge in [0.25, 0.3) is 0 Å². The molecule has 1 amide bonds. The van der Waals surface area contributed by atoms with Gasteiger partial charge >= 0.3 is 0 Å². The van der Waals surface area contributed by atoms with Crippen molar-refractivity contribution in [3.05, 3.63) is 0 Å². The van der Waals surface area contributed by atoms with E-state index < -0.39 is 0 Å². The van der Waals surface area contributed by atoms with Crippen LogP contribution in [0.5, 0.6) is 0 Å². The quantitative estimate of drug-likeness (QED) is 0.771. The number of hydrogen-bond acceptors (Lipinski definition) is 1. The molecule has 0 saturated heterocycles. The first kappa shape index (κ1) is 14.4. The van der Waals surface area contributed by atoms with Crippen molar-refractivity contribution in [3.8, 4) is 0 Å². The van der Waals surface area contributed by atoms with Crippen LogP contribution in [-0.4, -0.2) is 11.4 Å². The molecule has 0 unspecified atom stereocenters. The van der Waals surface area contributed by atoms with Gasteiger partial charge in [-0.25, -0.2) is 0 Å². The number of unbranched alkanes of at least 4 members (excludes halogenated alkanes) is 1. The molecule has 4 bridgehead atoms. The first-order chi connectivity index (χ1) is 9.64. The molecule has 1 N–H and O–H groups in total. The lowest BCUT2D eigenvalue weighted by molar-refractivity contribution is -0.131. The lowest BCUT2D eigenvalue weighted by Gasteiger charge is -2.57. The van der Waals surface area contributed by atoms with E-state index in [4.69, 9.17) is 0 Å². The summed E-state index contributed by atoms with van der Waals surface area (Å²) in [6.07, 6.45) is 12.6. The third kappa shape index (κ3) is 2.76. The van der Waals surface area contributed by atoms with Crippen molar-refractivity contribution in [1.29, 1.82) is 0 Å². The molecule has 0 aromatic heterocycles. The van der Waals surface area contributed by atoms with Crippen LogP contribution in [0.1, 0.15) is 78.1 Å². The molecule has 2 heteroatoms. The Kier molecular flexibility index (Phi) is 4.10. The van der Waals surface area contributed by atoms with Crippen molar-refractivity contribution >= 4 is 5.91 Å². The van der Waals surface area contributed by atoms with Crippen LogP contribution in [0.3, 0.4) is 0 Å². The Hall–Kier alpha value is -0.530. The molecule has 4 rings (SSSR count). The van der Waals surface area contributed by atoms with Gasteiger partial charge in [-0.2, -0.15) is 0 Å². The number of carbonyl (C=O) groups excluding carboxylic acids is 1. The molecule has 114 valence electrons. The summed E-state index contributed by atoms with van der Waals surface area (Å²) in [7, 11) is 0. The van der Waals surface area contributed by atoms with E-state index in [2.05, 4.69) is 19.2 Å². The van der Waals surface area contributed by atoms with E-state index in [-0.39, 0.29) is 11.5 Å². The fraction of sp³-hybridized carbons (Fsp3) is 0.944. The highest BCUT2D eigenvalue weighted by Gasteiger charge is 2.51. The summed E-state index contributed by atoms with van der Waals surface area (Å²) in [6, 6.07) is 0. The Morgan fingerprint density at radius 3 is 2.10 bits per heavy atom. The van der Waals surface area contributed by atoms with E-state index >= 15 is 0 Å². The fourth-order valence-corrected chi connectivity index (χ4v) is 5.60. The van der Waals surface area contributed by atoms with Crippen LogP contribution >= 0.6 is 0 Å². The SMILES string of the molecule is CCCC[C@H](CC)C(=O)NC12CC3CC(CC(C3)C1)C2. The molecule has 4 fully saturated rings. The molecular weight excluding hydrogens is 246 g/mol. The topological polar surface area (TPSA) is 29.1 Å². The van der Waals surface area contributed by atoms with Crippen LogP contribution in [0.4, 0.5) is 0 Å². The summed E-state index contributed by atoms with van der Waals surface area (Å²) in [5.74, 6) is 3.36. The molecule has 0 spiro atoms. The first-order valence-corrected chi connectivity index (χ1v) is 8.96. The summed E-state index contributed by atoms with van der Waals surface area (Å²) in [6.45, 7) is 4.38. The molecule has 1 atom stereocenters. The highest BCUT2D eigenvalue weighted by atomic mass is 16.2. The van der Waals surface area contributed by atoms with Crippen LogP contribution in [0.25, 0.3) is 0 Å². The fourth-order valence-electron chi connectivity index (χ4n) is 5.60. The van der Waals surface area contributed by atoms with E-state index in [1.54, 1.807) is 0 Å². The van der Waals surface area contributed by atoms with Gasteiger partial charge in [0.1, 0.15) is 0 Å². The van der Waals surface area contributed by atoms with Gasteiger partial charge in [0.15, 0.2) is 0 Å². The highest BCUT2D eigenvalue weighted by molar-refractivity contribution is 5.79. The Balaban J connectivity index is 1.63. The monoisotopic (exact) mass is 277 g/mol. The standard InChI is InChI=1S/C18H31NO/c1-3-5-6-16(4-2)17(20)19-18-10-13-7-14(11-18)9-15(8-13)12-18/h13-16H,3-12H2,1-2H3,(H,19,20)/t13?,14?,15?,16-,18?/m0/s1. The summed E-state index contributed by atoms with van der Waals surface area (Å²) in [5, 5.41) is 3.55. The maximum Gasteiger partial charge on any atom is 0.223 e. The van der Waals surface area contributed by atoms with E-state index in [0.29, 0.717) is 5.91 Å². The zero-order valence-corrected chi connectivity index (χ0v) is 13.3. The lowest BCUT2D eigenvalue weighted by atomic mass is 9.53. The molecule has 4 aliphatic carbocycles. The van der Waals surface area contributed by atoms with Gasteiger partial charge in [0.2, 0.25) is 5.91 Å². The van der Waals surface area contributed by atoms with E-state index in [0.717, 1.165) is 30.6 Å². The maximum absolute atomic E-state index is 12.7. The minimum absolute atomic E-state index is 0.200. The van der Waals surface area contributed by atoms with Crippen LogP contribution in [0.2, 0.25) is 0 Å². The average Bonchev–Trinajstić information content (AvgIpc) is 2.37. The zero-order valence-electron chi connectivity index (χ0n) is 13.3. The summed E-state index contributed by atoms with van der Waals surface area (Å²) >= 11 is 0. The van der Waals surface area contributed by atoms with Crippen LogP contribution < -0.4 is 5.32 Å². The van der Waals surface area contributed by atoms with Crippen molar-refractivity contribution in [1.82, 2.24) is 5.32 Å². The number of rotatable bonds is 6. The predicted octanol–water partition coefficient (Wildman–Crippen LogP) is 4.29. The molecule has 0 heterocycles. The molecule has 4 saturated carbocycles. The first-order valence-electron chi connectivity index (χ1n) is 8.96. The molecular formula is C18H31NO. The number of nitrogens with one attached hydrogen (secondary N) is 1. The zero-order chi connectivity index (χ0) is 14.2. The van der Waals surface area contributed by atoms with Crippen molar-refractivity contribution < 1.29 is 4.79 Å². The third-order valence-electron chi connectivity index (χ3n) is 6.20. The third-order valence-corrected chi connectivity index (χ3v) is 6.20. The van der Waals surface area contributed by atoms with Crippen molar-refractivity contribution in [3.63, 3.8) is 0 Å². The Labute approximate surface area is 124 Å². The largest absolute Gasteiger partial charge is 0.350 e. The smallest absolute Gasteiger partial charge is 0.223 e. The molecule has 4 aliphatic rings. The van der Waals surface area contributed by atoms with Crippen LogP contribution in [-0.2, 0) is 4.79 Å². The summed E-state index contributed by atoms with van der Waals surface area (Å²) in [4.78, 5) is 12.7. The molecule has 0 aliphatic heterocycles. The lowest BCUT2D eigenvalue weighted by Crippen LogP contribution is -2.60. The second-order valence-corrected chi connectivity index (χ2v) is 7.93. The second-order valence-electron chi connectivity index (χ2n) is 7.93. The summed E-state index contributed by atoms with van der Waals surface area (Å²) < 4.78 is 0. The minimum Gasteiger partial charge on any atom is -0.350 e. The Morgan fingerprint density at radius 2 is 1.65 bits per heavy atom. The molecule has 0 radical (unpaired) electrons. The summed E-state index contributed by atoms with van der Waals surface area (Å²) in [5.41, 5.74) is 0.200. The predicted molar refractivity (Wildman–Crippen MR) is 82.4 cm³/mol. The van der Waals surface area contributed by atoms with Crippen molar-refractivity contribution in [2.24, 2.45) is 23.7 Å². The Morgan fingerprint density at radius 1 is 1.10 bits per heavy atom. The van der Waals surface area contributed by atoms with Crippen molar-refractivity contribution in [2.75, 3.05) is 0 Å². The number of carbonyl (C=O) groups is 1. The maximum atomic E-state index is 12.7. The normalized spacial score (nSPS) is 39.8. The second kappa shape index (κ2) is 5.69. The molecule has 20 heavy (non-hydrogen) atoms.